The van der Waals surface area contributed by atoms with Crippen LogP contribution in [0.5, 0.6) is 0 Å². The minimum absolute atomic E-state index is 0.0803. The molecular formula is C10H4N2O4. The van der Waals surface area contributed by atoms with Gasteiger partial charge < -0.3 is 8.83 Å². The molecule has 0 aliphatic rings. The second-order valence-corrected chi connectivity index (χ2v) is 3.13. The first-order chi connectivity index (χ1) is 7.75. The molecule has 0 amide bonds. The van der Waals surface area contributed by atoms with Crippen LogP contribution in [0.25, 0.3) is 22.2 Å². The third-order valence-corrected chi connectivity index (χ3v) is 2.14. The zero-order chi connectivity index (χ0) is 11.1. The monoisotopic (exact) mass is 216 g/mol. The van der Waals surface area contributed by atoms with Crippen LogP contribution in [-0.2, 0) is 0 Å². The summed E-state index contributed by atoms with van der Waals surface area (Å²) in [5.74, 6) is 0. The Morgan fingerprint density at radius 2 is 1.69 bits per heavy atom. The SMILES string of the molecule is O=c1oc2nnc3ccccc3c2oc1=O. The molecule has 6 nitrogen and oxygen atoms in total. The van der Waals surface area contributed by atoms with E-state index in [1.165, 1.54) is 0 Å². The fourth-order valence-electron chi connectivity index (χ4n) is 1.44. The molecule has 3 rings (SSSR count). The molecule has 0 atom stereocenters. The molecule has 0 aliphatic heterocycles. The van der Waals surface area contributed by atoms with Crippen molar-refractivity contribution in [1.29, 1.82) is 0 Å². The Hall–Kier alpha value is -2.50. The zero-order valence-electron chi connectivity index (χ0n) is 7.84. The summed E-state index contributed by atoms with van der Waals surface area (Å²) in [5.41, 5.74) is -1.52. The minimum atomic E-state index is -1.09. The van der Waals surface area contributed by atoms with E-state index >= 15 is 0 Å². The van der Waals surface area contributed by atoms with Crippen molar-refractivity contribution in [1.82, 2.24) is 10.2 Å². The van der Waals surface area contributed by atoms with Crippen LogP contribution in [0.15, 0.2) is 42.7 Å². The van der Waals surface area contributed by atoms with Crippen LogP contribution in [0, 0.1) is 0 Å². The Labute approximate surface area is 87.1 Å². The Balaban J connectivity index is 2.65. The lowest BCUT2D eigenvalue weighted by molar-refractivity contribution is 0.441. The number of fused-ring (bicyclic) bond motifs is 3. The highest BCUT2D eigenvalue weighted by Crippen LogP contribution is 2.18. The van der Waals surface area contributed by atoms with Crippen molar-refractivity contribution in [2.24, 2.45) is 0 Å². The van der Waals surface area contributed by atoms with Gasteiger partial charge in [-0.25, -0.2) is 9.59 Å². The second-order valence-electron chi connectivity index (χ2n) is 3.13. The highest BCUT2D eigenvalue weighted by molar-refractivity contribution is 5.97. The molecule has 0 aliphatic carbocycles. The summed E-state index contributed by atoms with van der Waals surface area (Å²) in [6.07, 6.45) is 0. The molecule has 0 radical (unpaired) electrons. The molecule has 78 valence electrons. The number of hydrogen-bond donors (Lipinski definition) is 0. The van der Waals surface area contributed by atoms with Gasteiger partial charge in [-0.2, -0.15) is 0 Å². The predicted octanol–water partition coefficient (Wildman–Crippen LogP) is 0.689. The number of aromatic nitrogens is 2. The summed E-state index contributed by atoms with van der Waals surface area (Å²) in [6.45, 7) is 0. The van der Waals surface area contributed by atoms with Crippen molar-refractivity contribution in [3.05, 3.63) is 45.1 Å². The molecule has 0 bridgehead atoms. The number of nitrogens with zero attached hydrogens (tertiary/aromatic N) is 2. The summed E-state index contributed by atoms with van der Waals surface area (Å²) in [6, 6.07) is 6.96. The van der Waals surface area contributed by atoms with Crippen molar-refractivity contribution >= 4 is 22.2 Å². The van der Waals surface area contributed by atoms with E-state index in [-0.39, 0.29) is 11.3 Å². The molecule has 6 heteroatoms. The lowest BCUT2D eigenvalue weighted by Crippen LogP contribution is -2.21. The third kappa shape index (κ3) is 1.13. The van der Waals surface area contributed by atoms with Crippen LogP contribution >= 0.6 is 0 Å². The molecule has 3 aromatic rings. The van der Waals surface area contributed by atoms with Gasteiger partial charge in [-0.3, -0.25) is 0 Å². The summed E-state index contributed by atoms with van der Waals surface area (Å²) < 4.78 is 9.51. The topological polar surface area (TPSA) is 86.2 Å². The van der Waals surface area contributed by atoms with Crippen LogP contribution in [0.2, 0.25) is 0 Å². The molecule has 16 heavy (non-hydrogen) atoms. The fourth-order valence-corrected chi connectivity index (χ4v) is 1.44. The van der Waals surface area contributed by atoms with E-state index in [0.717, 1.165) is 0 Å². The summed E-state index contributed by atoms with van der Waals surface area (Å²) in [4.78, 5) is 22.0. The molecule has 2 heterocycles. The van der Waals surface area contributed by atoms with Crippen molar-refractivity contribution in [3.63, 3.8) is 0 Å². The normalized spacial score (nSPS) is 11.0. The van der Waals surface area contributed by atoms with Crippen molar-refractivity contribution in [2.75, 3.05) is 0 Å². The van der Waals surface area contributed by atoms with Crippen molar-refractivity contribution < 1.29 is 8.83 Å². The van der Waals surface area contributed by atoms with Gasteiger partial charge in [0.15, 0.2) is 0 Å². The third-order valence-electron chi connectivity index (χ3n) is 2.14. The standard InChI is InChI=1S/C10H4N2O4/c13-9-10(14)16-8-7(15-9)5-3-1-2-4-6(5)11-12-8/h1-4H. The van der Waals surface area contributed by atoms with E-state index in [0.29, 0.717) is 10.9 Å². The predicted molar refractivity (Wildman–Crippen MR) is 54.1 cm³/mol. The van der Waals surface area contributed by atoms with Gasteiger partial charge in [-0.1, -0.05) is 12.1 Å². The van der Waals surface area contributed by atoms with Crippen LogP contribution < -0.4 is 11.3 Å². The lowest BCUT2D eigenvalue weighted by atomic mass is 10.2. The average Bonchev–Trinajstić information content (AvgIpc) is 2.31. The maximum Gasteiger partial charge on any atom is 0.424 e. The van der Waals surface area contributed by atoms with Gasteiger partial charge in [0, 0.05) is 0 Å². The maximum atomic E-state index is 11.1. The average molecular weight is 216 g/mol. The van der Waals surface area contributed by atoms with Gasteiger partial charge in [-0.15, -0.1) is 10.2 Å². The van der Waals surface area contributed by atoms with Gasteiger partial charge in [-0.05, 0) is 12.1 Å². The van der Waals surface area contributed by atoms with Gasteiger partial charge >= 0.3 is 11.3 Å². The first-order valence-electron chi connectivity index (χ1n) is 4.45. The molecule has 1 aromatic carbocycles. The maximum absolute atomic E-state index is 11.1. The van der Waals surface area contributed by atoms with Crippen LogP contribution in [0.3, 0.4) is 0 Å². The van der Waals surface area contributed by atoms with E-state index in [1.54, 1.807) is 24.3 Å². The van der Waals surface area contributed by atoms with Crippen LogP contribution in [0.4, 0.5) is 0 Å². The molecule has 0 N–H and O–H groups in total. The largest absolute Gasteiger partial charge is 0.424 e. The Morgan fingerprint density at radius 3 is 2.56 bits per heavy atom. The Kier molecular flexibility index (Phi) is 1.64. The molecule has 0 spiro atoms. The molecule has 0 fully saturated rings. The molecule has 0 unspecified atom stereocenters. The Bertz CT molecular complexity index is 803. The minimum Gasteiger partial charge on any atom is -0.411 e. The molecule has 2 aromatic heterocycles. The number of hydrogen-bond acceptors (Lipinski definition) is 6. The van der Waals surface area contributed by atoms with Crippen LogP contribution in [0.1, 0.15) is 0 Å². The van der Waals surface area contributed by atoms with Crippen molar-refractivity contribution in [3.8, 4) is 0 Å². The Morgan fingerprint density at radius 1 is 0.938 bits per heavy atom. The lowest BCUT2D eigenvalue weighted by Gasteiger charge is -1.97. The van der Waals surface area contributed by atoms with E-state index in [2.05, 4.69) is 14.6 Å². The number of benzene rings is 1. The summed E-state index contributed by atoms with van der Waals surface area (Å²) >= 11 is 0. The summed E-state index contributed by atoms with van der Waals surface area (Å²) in [7, 11) is 0. The number of rotatable bonds is 0. The highest BCUT2D eigenvalue weighted by Gasteiger charge is 2.10. The van der Waals surface area contributed by atoms with E-state index in [4.69, 9.17) is 4.42 Å². The second kappa shape index (κ2) is 2.99. The van der Waals surface area contributed by atoms with Gasteiger partial charge in [0.2, 0.25) is 5.58 Å². The first kappa shape index (κ1) is 8.78. The highest BCUT2D eigenvalue weighted by atomic mass is 16.5. The quantitative estimate of drug-likeness (QED) is 0.406. The smallest absolute Gasteiger partial charge is 0.411 e. The summed E-state index contributed by atoms with van der Waals surface area (Å²) in [5, 5.41) is 8.07. The van der Waals surface area contributed by atoms with Gasteiger partial charge in [0.1, 0.15) is 0 Å². The van der Waals surface area contributed by atoms with Gasteiger partial charge in [0.25, 0.3) is 5.71 Å². The molecule has 0 saturated carbocycles. The van der Waals surface area contributed by atoms with Crippen LogP contribution in [-0.4, -0.2) is 10.2 Å². The fraction of sp³-hybridized carbons (Fsp3) is 0. The molecular weight excluding hydrogens is 212 g/mol. The van der Waals surface area contributed by atoms with Crippen molar-refractivity contribution in [2.45, 2.75) is 0 Å². The van der Waals surface area contributed by atoms with Gasteiger partial charge in [0.05, 0.1) is 10.9 Å². The van der Waals surface area contributed by atoms with E-state index in [1.807, 2.05) is 0 Å². The molecule has 0 saturated heterocycles. The first-order valence-corrected chi connectivity index (χ1v) is 4.45. The van der Waals surface area contributed by atoms with E-state index in [9.17, 15) is 9.59 Å². The zero-order valence-corrected chi connectivity index (χ0v) is 7.84. The van der Waals surface area contributed by atoms with E-state index < -0.39 is 11.3 Å².